The predicted octanol–water partition coefficient (Wildman–Crippen LogP) is 4.71. The maximum absolute atomic E-state index is 14.1. The lowest BCUT2D eigenvalue weighted by Gasteiger charge is -2.15. The molecule has 1 N–H and O–H groups in total. The monoisotopic (exact) mass is 360 g/mol. The fraction of sp³-hybridized carbons (Fsp3) is 0.158. The largest absolute Gasteiger partial charge is 0.345 e. The van der Waals surface area contributed by atoms with E-state index in [9.17, 15) is 18.8 Å². The lowest BCUT2D eigenvalue weighted by molar-refractivity contribution is -0.117. The quantitative estimate of drug-likeness (QED) is 0.634. The average Bonchev–Trinajstić information content (AvgIpc) is 2.58. The highest BCUT2D eigenvalue weighted by Gasteiger charge is 2.18. The summed E-state index contributed by atoms with van der Waals surface area (Å²) in [7, 11) is 0. The molecule has 0 bridgehead atoms. The highest BCUT2D eigenvalue weighted by Crippen LogP contribution is 2.23. The number of nitriles is 1. The van der Waals surface area contributed by atoms with Crippen molar-refractivity contribution in [2.45, 2.75) is 19.9 Å². The van der Waals surface area contributed by atoms with Crippen LogP contribution in [0.4, 0.5) is 8.78 Å². The number of benzene rings is 2. The SMILES string of the molecule is Cc1ccc(F)c(C=C(C#N)C(=O)NC(C)c2ccccc2Cl)c1F. The van der Waals surface area contributed by atoms with Crippen molar-refractivity contribution in [2.75, 3.05) is 0 Å². The van der Waals surface area contributed by atoms with Gasteiger partial charge in [-0.15, -0.1) is 0 Å². The van der Waals surface area contributed by atoms with Crippen molar-refractivity contribution in [2.24, 2.45) is 0 Å². The average molecular weight is 361 g/mol. The Kier molecular flexibility index (Phi) is 5.89. The molecule has 6 heteroatoms. The van der Waals surface area contributed by atoms with Crippen LogP contribution in [-0.2, 0) is 4.79 Å². The zero-order valence-electron chi connectivity index (χ0n) is 13.6. The van der Waals surface area contributed by atoms with Gasteiger partial charge in [-0.25, -0.2) is 8.78 Å². The summed E-state index contributed by atoms with van der Waals surface area (Å²) in [5.74, 6) is -2.39. The summed E-state index contributed by atoms with van der Waals surface area (Å²) in [6.45, 7) is 3.17. The number of nitrogens with one attached hydrogen (secondary N) is 1. The Balaban J connectivity index is 2.30. The number of halogens is 3. The van der Waals surface area contributed by atoms with Crippen LogP contribution in [0.2, 0.25) is 5.02 Å². The second kappa shape index (κ2) is 7.91. The third-order valence-electron chi connectivity index (χ3n) is 3.69. The molecule has 3 nitrogen and oxygen atoms in total. The van der Waals surface area contributed by atoms with Crippen LogP contribution in [0.15, 0.2) is 42.0 Å². The summed E-state index contributed by atoms with van der Waals surface area (Å²) in [6, 6.07) is 10.5. The van der Waals surface area contributed by atoms with Gasteiger partial charge in [0.1, 0.15) is 23.3 Å². The zero-order valence-corrected chi connectivity index (χ0v) is 14.4. The molecule has 0 aliphatic rings. The molecular weight excluding hydrogens is 346 g/mol. The summed E-state index contributed by atoms with van der Waals surface area (Å²) in [4.78, 5) is 12.3. The Labute approximate surface area is 149 Å². The molecule has 25 heavy (non-hydrogen) atoms. The number of rotatable bonds is 4. The summed E-state index contributed by atoms with van der Waals surface area (Å²) in [5.41, 5.74) is 0.0666. The maximum atomic E-state index is 14.1. The minimum atomic E-state index is -0.845. The second-order valence-electron chi connectivity index (χ2n) is 5.48. The second-order valence-corrected chi connectivity index (χ2v) is 5.89. The molecule has 128 valence electrons. The van der Waals surface area contributed by atoms with E-state index >= 15 is 0 Å². The third-order valence-corrected chi connectivity index (χ3v) is 4.04. The molecule has 0 spiro atoms. The number of hydrogen-bond donors (Lipinski definition) is 1. The van der Waals surface area contributed by atoms with Gasteiger partial charge in [-0.05, 0) is 43.2 Å². The molecule has 2 aromatic rings. The van der Waals surface area contributed by atoms with Gasteiger partial charge in [0.05, 0.1) is 6.04 Å². The molecule has 0 aliphatic carbocycles. The van der Waals surface area contributed by atoms with Gasteiger partial charge in [-0.1, -0.05) is 35.9 Å². The van der Waals surface area contributed by atoms with E-state index in [1.54, 1.807) is 37.3 Å². The smallest absolute Gasteiger partial charge is 0.262 e. The molecule has 0 saturated carbocycles. The van der Waals surface area contributed by atoms with Crippen molar-refractivity contribution in [3.63, 3.8) is 0 Å². The molecule has 1 amide bonds. The number of hydrogen-bond acceptors (Lipinski definition) is 2. The van der Waals surface area contributed by atoms with Crippen molar-refractivity contribution in [1.29, 1.82) is 5.26 Å². The molecular formula is C19H15ClF2N2O. The van der Waals surface area contributed by atoms with Crippen LogP contribution in [0, 0.1) is 29.9 Å². The summed E-state index contributed by atoms with van der Waals surface area (Å²) in [5, 5.41) is 12.3. The van der Waals surface area contributed by atoms with E-state index < -0.39 is 34.7 Å². The van der Waals surface area contributed by atoms with E-state index in [-0.39, 0.29) is 5.56 Å². The van der Waals surface area contributed by atoms with Gasteiger partial charge in [0, 0.05) is 10.6 Å². The van der Waals surface area contributed by atoms with Gasteiger partial charge in [0.15, 0.2) is 0 Å². The van der Waals surface area contributed by atoms with Crippen molar-refractivity contribution < 1.29 is 13.6 Å². The van der Waals surface area contributed by atoms with Gasteiger partial charge < -0.3 is 5.32 Å². The Morgan fingerprint density at radius 2 is 1.96 bits per heavy atom. The molecule has 0 fully saturated rings. The Hall–Kier alpha value is -2.71. The molecule has 1 unspecified atom stereocenters. The maximum Gasteiger partial charge on any atom is 0.262 e. The van der Waals surface area contributed by atoms with Crippen molar-refractivity contribution in [3.05, 3.63) is 75.3 Å². The third kappa shape index (κ3) is 4.23. The normalized spacial score (nSPS) is 12.4. The van der Waals surface area contributed by atoms with E-state index in [0.29, 0.717) is 10.6 Å². The van der Waals surface area contributed by atoms with E-state index in [2.05, 4.69) is 5.32 Å². The predicted molar refractivity (Wildman–Crippen MR) is 92.7 cm³/mol. The van der Waals surface area contributed by atoms with Gasteiger partial charge in [0.2, 0.25) is 0 Å². The fourth-order valence-corrected chi connectivity index (χ4v) is 2.58. The molecule has 0 aliphatic heterocycles. The highest BCUT2D eigenvalue weighted by molar-refractivity contribution is 6.31. The first-order valence-electron chi connectivity index (χ1n) is 7.46. The summed E-state index contributed by atoms with van der Waals surface area (Å²) in [6.07, 6.45) is 0.909. The van der Waals surface area contributed by atoms with Crippen molar-refractivity contribution in [3.8, 4) is 6.07 Å². The molecule has 2 aromatic carbocycles. The standard InChI is InChI=1S/C19H15ClF2N2O/c1-11-7-8-17(21)15(18(11)22)9-13(10-23)19(25)24-12(2)14-5-3-4-6-16(14)20/h3-9,12H,1-2H3,(H,24,25). The lowest BCUT2D eigenvalue weighted by Crippen LogP contribution is -2.27. The van der Waals surface area contributed by atoms with Crippen LogP contribution in [0.1, 0.15) is 29.7 Å². The Bertz CT molecular complexity index is 887. The number of aryl methyl sites for hydroxylation is 1. The van der Waals surface area contributed by atoms with E-state index in [1.807, 2.05) is 0 Å². The molecule has 2 rings (SSSR count). The van der Waals surface area contributed by atoms with Crippen molar-refractivity contribution in [1.82, 2.24) is 5.32 Å². The lowest BCUT2D eigenvalue weighted by atomic mass is 10.1. The zero-order chi connectivity index (χ0) is 18.6. The molecule has 0 saturated heterocycles. The first kappa shape index (κ1) is 18.6. The van der Waals surface area contributed by atoms with Gasteiger partial charge in [0.25, 0.3) is 5.91 Å². The first-order chi connectivity index (χ1) is 11.8. The Morgan fingerprint density at radius 1 is 1.28 bits per heavy atom. The van der Waals surface area contributed by atoms with Crippen LogP contribution in [-0.4, -0.2) is 5.91 Å². The number of carbonyl (C=O) groups is 1. The summed E-state index contributed by atoms with van der Waals surface area (Å²) < 4.78 is 27.9. The molecule has 1 atom stereocenters. The Morgan fingerprint density at radius 3 is 2.60 bits per heavy atom. The number of amides is 1. The fourth-order valence-electron chi connectivity index (χ4n) is 2.28. The molecule has 0 aromatic heterocycles. The molecule has 0 heterocycles. The van der Waals surface area contributed by atoms with Gasteiger partial charge in [-0.3, -0.25) is 4.79 Å². The van der Waals surface area contributed by atoms with Crippen LogP contribution in [0.3, 0.4) is 0 Å². The topological polar surface area (TPSA) is 52.9 Å². The van der Waals surface area contributed by atoms with E-state index in [4.69, 9.17) is 11.6 Å². The van der Waals surface area contributed by atoms with Crippen LogP contribution >= 0.6 is 11.6 Å². The van der Waals surface area contributed by atoms with E-state index in [0.717, 1.165) is 12.1 Å². The minimum Gasteiger partial charge on any atom is -0.345 e. The number of carbonyl (C=O) groups excluding carboxylic acids is 1. The number of nitrogens with zero attached hydrogens (tertiary/aromatic N) is 1. The first-order valence-corrected chi connectivity index (χ1v) is 7.84. The van der Waals surface area contributed by atoms with Crippen LogP contribution in [0.25, 0.3) is 6.08 Å². The van der Waals surface area contributed by atoms with Crippen LogP contribution in [0.5, 0.6) is 0 Å². The van der Waals surface area contributed by atoms with Gasteiger partial charge in [-0.2, -0.15) is 5.26 Å². The molecule has 0 radical (unpaired) electrons. The van der Waals surface area contributed by atoms with Crippen LogP contribution < -0.4 is 5.32 Å². The van der Waals surface area contributed by atoms with Crippen molar-refractivity contribution >= 4 is 23.6 Å². The van der Waals surface area contributed by atoms with E-state index in [1.165, 1.54) is 13.0 Å². The summed E-state index contributed by atoms with van der Waals surface area (Å²) >= 11 is 6.07. The minimum absolute atomic E-state index is 0.217. The highest BCUT2D eigenvalue weighted by atomic mass is 35.5. The van der Waals surface area contributed by atoms with Gasteiger partial charge >= 0.3 is 0 Å².